The molecule has 0 aromatic carbocycles. The van der Waals surface area contributed by atoms with E-state index < -0.39 is 0 Å². The zero-order valence-electron chi connectivity index (χ0n) is 14.0. The Hall–Kier alpha value is -0.570. The van der Waals surface area contributed by atoms with E-state index in [-0.39, 0.29) is 12.0 Å². The quantitative estimate of drug-likeness (QED) is 0.772. The van der Waals surface area contributed by atoms with Crippen molar-refractivity contribution in [1.29, 1.82) is 0 Å². The lowest BCUT2D eigenvalue weighted by Crippen LogP contribution is -2.50. The van der Waals surface area contributed by atoms with Gasteiger partial charge in [0.05, 0.1) is 12.0 Å². The molecule has 1 amide bonds. The second kappa shape index (κ2) is 5.67. The maximum Gasteiger partial charge on any atom is 0.229 e. The first-order chi connectivity index (χ1) is 9.31. The first-order valence-corrected chi connectivity index (χ1v) is 8.17. The number of nitrogens with zero attached hydrogens (tertiary/aromatic N) is 1. The van der Waals surface area contributed by atoms with Gasteiger partial charge >= 0.3 is 0 Å². The highest BCUT2D eigenvalue weighted by molar-refractivity contribution is 5.80. The summed E-state index contributed by atoms with van der Waals surface area (Å²) in [6, 6.07) is 0.838. The molecule has 0 aromatic heterocycles. The van der Waals surface area contributed by atoms with E-state index in [1.807, 2.05) is 6.92 Å². The van der Waals surface area contributed by atoms with E-state index in [1.165, 1.54) is 19.3 Å². The molecule has 3 nitrogen and oxygen atoms in total. The smallest absolute Gasteiger partial charge is 0.229 e. The third-order valence-corrected chi connectivity index (χ3v) is 5.65. The van der Waals surface area contributed by atoms with E-state index in [2.05, 4.69) is 32.6 Å². The van der Waals surface area contributed by atoms with Gasteiger partial charge in [0.1, 0.15) is 0 Å². The van der Waals surface area contributed by atoms with Crippen molar-refractivity contribution in [3.05, 3.63) is 0 Å². The summed E-state index contributed by atoms with van der Waals surface area (Å²) < 4.78 is 5.48. The topological polar surface area (TPSA) is 29.5 Å². The van der Waals surface area contributed by atoms with Crippen LogP contribution in [0.4, 0.5) is 0 Å². The van der Waals surface area contributed by atoms with Crippen molar-refractivity contribution in [2.45, 2.75) is 78.5 Å². The number of carbonyl (C=O) groups excluding carboxylic acids is 1. The van der Waals surface area contributed by atoms with Crippen LogP contribution in [-0.4, -0.2) is 36.1 Å². The van der Waals surface area contributed by atoms with Gasteiger partial charge in [0.15, 0.2) is 0 Å². The number of methoxy groups -OCH3 is 1. The number of hydrogen-bond acceptors (Lipinski definition) is 2. The van der Waals surface area contributed by atoms with Crippen molar-refractivity contribution < 1.29 is 9.53 Å². The highest BCUT2D eigenvalue weighted by Crippen LogP contribution is 2.54. The molecule has 20 heavy (non-hydrogen) atoms. The summed E-state index contributed by atoms with van der Waals surface area (Å²) in [5, 5.41) is 0. The molecule has 1 aliphatic heterocycles. The molecule has 2 aliphatic rings. The van der Waals surface area contributed by atoms with E-state index in [9.17, 15) is 4.79 Å². The van der Waals surface area contributed by atoms with Gasteiger partial charge in [0, 0.05) is 19.2 Å². The average molecular weight is 281 g/mol. The maximum atomic E-state index is 13.1. The van der Waals surface area contributed by atoms with Gasteiger partial charge in [-0.25, -0.2) is 0 Å². The number of amides is 1. The van der Waals surface area contributed by atoms with Crippen molar-refractivity contribution in [2.75, 3.05) is 7.11 Å². The van der Waals surface area contributed by atoms with Crippen LogP contribution in [0, 0.1) is 17.3 Å². The number of rotatable bonds is 5. The predicted octanol–water partition coefficient (Wildman–Crippen LogP) is 3.47. The molecule has 0 N–H and O–H groups in total. The van der Waals surface area contributed by atoms with E-state index >= 15 is 0 Å². The first-order valence-electron chi connectivity index (χ1n) is 8.17. The highest BCUT2D eigenvalue weighted by atomic mass is 16.5. The van der Waals surface area contributed by atoms with Crippen molar-refractivity contribution in [3.8, 4) is 0 Å². The molecule has 1 saturated carbocycles. The largest absolute Gasteiger partial charge is 0.381 e. The Labute approximate surface area is 124 Å². The van der Waals surface area contributed by atoms with Crippen LogP contribution in [0.3, 0.4) is 0 Å². The van der Waals surface area contributed by atoms with Gasteiger partial charge in [-0.05, 0) is 50.9 Å². The van der Waals surface area contributed by atoms with Crippen LogP contribution in [0.15, 0.2) is 0 Å². The fourth-order valence-electron chi connectivity index (χ4n) is 3.92. The molecule has 4 atom stereocenters. The van der Waals surface area contributed by atoms with Crippen molar-refractivity contribution in [1.82, 2.24) is 4.90 Å². The predicted molar refractivity (Wildman–Crippen MR) is 81.5 cm³/mol. The SMILES string of the molecule is COC(C)C(C(=O)N1C(C)CC[C@H]1C1(C)CC1)C(C)C. The van der Waals surface area contributed by atoms with Crippen LogP contribution in [0.5, 0.6) is 0 Å². The number of carbonyl (C=O) groups is 1. The minimum Gasteiger partial charge on any atom is -0.381 e. The first kappa shape index (κ1) is 15.8. The summed E-state index contributed by atoms with van der Waals surface area (Å²) in [6.07, 6.45) is 4.87. The van der Waals surface area contributed by atoms with Gasteiger partial charge in [-0.15, -0.1) is 0 Å². The molecule has 0 radical (unpaired) electrons. The monoisotopic (exact) mass is 281 g/mol. The normalized spacial score (nSPS) is 31.4. The van der Waals surface area contributed by atoms with Gasteiger partial charge in [0.2, 0.25) is 5.91 Å². The second-order valence-corrected chi connectivity index (χ2v) is 7.55. The Kier molecular flexibility index (Phi) is 4.48. The summed E-state index contributed by atoms with van der Waals surface area (Å²) in [6.45, 7) is 10.8. The van der Waals surface area contributed by atoms with E-state index in [0.29, 0.717) is 29.3 Å². The van der Waals surface area contributed by atoms with Gasteiger partial charge < -0.3 is 9.64 Å². The Morgan fingerprint density at radius 3 is 2.30 bits per heavy atom. The molecular formula is C17H31NO2. The van der Waals surface area contributed by atoms with Crippen LogP contribution in [-0.2, 0) is 9.53 Å². The molecule has 0 bridgehead atoms. The van der Waals surface area contributed by atoms with E-state index in [4.69, 9.17) is 4.74 Å². The zero-order valence-corrected chi connectivity index (χ0v) is 14.0. The zero-order chi connectivity index (χ0) is 15.1. The summed E-state index contributed by atoms with van der Waals surface area (Å²) >= 11 is 0. The number of ether oxygens (including phenoxy) is 1. The molecule has 0 spiro atoms. The molecule has 1 heterocycles. The fraction of sp³-hybridized carbons (Fsp3) is 0.941. The second-order valence-electron chi connectivity index (χ2n) is 7.55. The van der Waals surface area contributed by atoms with Gasteiger partial charge in [-0.1, -0.05) is 20.8 Å². The maximum absolute atomic E-state index is 13.1. The average Bonchev–Trinajstić information content (AvgIpc) is 2.99. The Bertz CT molecular complexity index is 362. The summed E-state index contributed by atoms with van der Waals surface area (Å²) in [4.78, 5) is 15.3. The van der Waals surface area contributed by atoms with Crippen LogP contribution < -0.4 is 0 Å². The lowest BCUT2D eigenvalue weighted by Gasteiger charge is -2.38. The van der Waals surface area contributed by atoms with Gasteiger partial charge in [-0.2, -0.15) is 0 Å². The standard InChI is InChI=1S/C17H31NO2/c1-11(2)15(13(4)20-6)16(19)18-12(3)7-8-14(18)17(5)9-10-17/h11-15H,7-10H2,1-6H3/t12?,13?,14-,15?/m0/s1. The Morgan fingerprint density at radius 1 is 1.25 bits per heavy atom. The van der Waals surface area contributed by atoms with Gasteiger partial charge in [-0.3, -0.25) is 4.79 Å². The van der Waals surface area contributed by atoms with E-state index in [0.717, 1.165) is 6.42 Å². The van der Waals surface area contributed by atoms with Crippen molar-refractivity contribution in [3.63, 3.8) is 0 Å². The molecular weight excluding hydrogens is 250 g/mol. The minimum atomic E-state index is -0.0228. The van der Waals surface area contributed by atoms with Crippen LogP contribution in [0.1, 0.15) is 60.3 Å². The lowest BCUT2D eigenvalue weighted by atomic mass is 9.88. The molecule has 1 aliphatic carbocycles. The molecule has 3 heteroatoms. The fourth-order valence-corrected chi connectivity index (χ4v) is 3.92. The van der Waals surface area contributed by atoms with E-state index in [1.54, 1.807) is 7.11 Å². The minimum absolute atomic E-state index is 0.0111. The van der Waals surface area contributed by atoms with Gasteiger partial charge in [0.25, 0.3) is 0 Å². The van der Waals surface area contributed by atoms with Crippen LogP contribution >= 0.6 is 0 Å². The molecule has 116 valence electrons. The third-order valence-electron chi connectivity index (χ3n) is 5.65. The highest BCUT2D eigenvalue weighted by Gasteiger charge is 2.53. The molecule has 1 saturated heterocycles. The summed E-state index contributed by atoms with van der Waals surface area (Å²) in [5.41, 5.74) is 0.387. The molecule has 2 rings (SSSR count). The molecule has 0 aromatic rings. The lowest BCUT2D eigenvalue weighted by molar-refractivity contribution is -0.146. The van der Waals surface area contributed by atoms with Crippen molar-refractivity contribution in [2.24, 2.45) is 17.3 Å². The van der Waals surface area contributed by atoms with Crippen molar-refractivity contribution >= 4 is 5.91 Å². The number of likely N-dealkylation sites (tertiary alicyclic amines) is 1. The Morgan fingerprint density at radius 2 is 1.85 bits per heavy atom. The Balaban J connectivity index is 2.20. The summed E-state index contributed by atoms with van der Waals surface area (Å²) in [7, 11) is 1.71. The molecule has 3 unspecified atom stereocenters. The van der Waals surface area contributed by atoms with Crippen LogP contribution in [0.2, 0.25) is 0 Å². The molecule has 2 fully saturated rings. The third kappa shape index (κ3) is 2.74. The summed E-state index contributed by atoms with van der Waals surface area (Å²) in [5.74, 6) is 0.612. The number of hydrogen-bond donors (Lipinski definition) is 0. The van der Waals surface area contributed by atoms with Crippen LogP contribution in [0.25, 0.3) is 0 Å².